The number of anilines is 1. The number of benzene rings is 1. The summed E-state index contributed by atoms with van der Waals surface area (Å²) in [6, 6.07) is 7.47. The molecule has 2 aromatic heterocycles. The molecule has 98 valence electrons. The Kier molecular flexibility index (Phi) is 3.20. The number of hydrogen-bond donors (Lipinski definition) is 2. The molecule has 0 atom stereocenters. The predicted octanol–water partition coefficient (Wildman–Crippen LogP) is 2.12. The maximum atomic E-state index is 11.9. The van der Waals surface area contributed by atoms with Gasteiger partial charge >= 0.3 is 0 Å². The highest BCUT2D eigenvalue weighted by Gasteiger charge is 2.08. The number of aromatic amines is 1. The standard InChI is InChI=1S/C14H11N5O/c20-14(13-17-4-5-18-13)19-12-3-1-2-10(6-12)11-7-15-9-16-8-11/h1-9H,(H,17,18)(H,19,20). The van der Waals surface area contributed by atoms with Gasteiger partial charge in [0.05, 0.1) is 0 Å². The van der Waals surface area contributed by atoms with Crippen molar-refractivity contribution in [2.75, 3.05) is 5.32 Å². The molecule has 0 aliphatic carbocycles. The number of H-pyrrole nitrogens is 1. The lowest BCUT2D eigenvalue weighted by molar-refractivity contribution is 0.101. The summed E-state index contributed by atoms with van der Waals surface area (Å²) in [6.07, 6.45) is 8.06. The van der Waals surface area contributed by atoms with Crippen molar-refractivity contribution in [3.63, 3.8) is 0 Å². The number of nitrogens with one attached hydrogen (secondary N) is 2. The van der Waals surface area contributed by atoms with Crippen LogP contribution >= 0.6 is 0 Å². The van der Waals surface area contributed by atoms with E-state index in [1.165, 1.54) is 12.5 Å². The van der Waals surface area contributed by atoms with Gasteiger partial charge in [0.2, 0.25) is 0 Å². The van der Waals surface area contributed by atoms with Crippen LogP contribution in [-0.2, 0) is 0 Å². The molecule has 0 fully saturated rings. The van der Waals surface area contributed by atoms with E-state index in [0.29, 0.717) is 5.69 Å². The number of hydrogen-bond acceptors (Lipinski definition) is 4. The second-order valence-electron chi connectivity index (χ2n) is 4.10. The number of carbonyl (C=O) groups is 1. The molecule has 0 aliphatic rings. The highest BCUT2D eigenvalue weighted by molar-refractivity contribution is 6.01. The molecule has 20 heavy (non-hydrogen) atoms. The minimum Gasteiger partial charge on any atom is -0.341 e. The van der Waals surface area contributed by atoms with Gasteiger partial charge in [-0.15, -0.1) is 0 Å². The maximum Gasteiger partial charge on any atom is 0.291 e. The predicted molar refractivity (Wildman–Crippen MR) is 74.0 cm³/mol. The van der Waals surface area contributed by atoms with E-state index in [1.807, 2.05) is 24.3 Å². The van der Waals surface area contributed by atoms with Crippen molar-refractivity contribution in [3.8, 4) is 11.1 Å². The van der Waals surface area contributed by atoms with Gasteiger partial charge in [-0.2, -0.15) is 0 Å². The number of aromatic nitrogens is 4. The molecule has 2 N–H and O–H groups in total. The van der Waals surface area contributed by atoms with Crippen LogP contribution in [0.15, 0.2) is 55.4 Å². The van der Waals surface area contributed by atoms with Crippen LogP contribution in [0.2, 0.25) is 0 Å². The smallest absolute Gasteiger partial charge is 0.291 e. The Labute approximate surface area is 114 Å². The summed E-state index contributed by atoms with van der Waals surface area (Å²) in [5, 5.41) is 2.78. The maximum absolute atomic E-state index is 11.9. The van der Waals surface area contributed by atoms with Crippen molar-refractivity contribution in [1.29, 1.82) is 0 Å². The first-order valence-electron chi connectivity index (χ1n) is 5.99. The monoisotopic (exact) mass is 265 g/mol. The van der Waals surface area contributed by atoms with E-state index in [4.69, 9.17) is 0 Å². The molecule has 1 aromatic carbocycles. The highest BCUT2D eigenvalue weighted by Crippen LogP contribution is 2.21. The van der Waals surface area contributed by atoms with E-state index < -0.39 is 0 Å². The average molecular weight is 265 g/mol. The quantitative estimate of drug-likeness (QED) is 0.759. The summed E-state index contributed by atoms with van der Waals surface area (Å²) in [5.74, 6) is -0.00471. The van der Waals surface area contributed by atoms with E-state index in [9.17, 15) is 4.79 Å². The fourth-order valence-corrected chi connectivity index (χ4v) is 1.80. The molecule has 0 radical (unpaired) electrons. The Balaban J connectivity index is 1.83. The lowest BCUT2D eigenvalue weighted by Crippen LogP contribution is -2.13. The SMILES string of the molecule is O=C(Nc1cccc(-c2cncnc2)c1)c1ncc[nH]1. The second-order valence-corrected chi connectivity index (χ2v) is 4.10. The Hall–Kier alpha value is -3.02. The molecule has 0 saturated heterocycles. The van der Waals surface area contributed by atoms with Crippen molar-refractivity contribution in [1.82, 2.24) is 19.9 Å². The Bertz CT molecular complexity index is 709. The molecule has 0 unspecified atom stereocenters. The van der Waals surface area contributed by atoms with Crippen LogP contribution in [0.4, 0.5) is 5.69 Å². The summed E-state index contributed by atoms with van der Waals surface area (Å²) in [5.41, 5.74) is 2.51. The molecule has 6 nitrogen and oxygen atoms in total. The third-order valence-electron chi connectivity index (χ3n) is 2.73. The minimum atomic E-state index is -0.281. The molecule has 6 heteroatoms. The molecule has 3 aromatic rings. The Morgan fingerprint density at radius 1 is 1.15 bits per heavy atom. The number of amides is 1. The lowest BCUT2D eigenvalue weighted by atomic mass is 10.1. The van der Waals surface area contributed by atoms with Gasteiger partial charge in [0, 0.05) is 36.0 Å². The highest BCUT2D eigenvalue weighted by atomic mass is 16.2. The molecule has 0 aliphatic heterocycles. The molecule has 0 spiro atoms. The van der Waals surface area contributed by atoms with E-state index in [0.717, 1.165) is 11.1 Å². The number of imidazole rings is 1. The number of carbonyl (C=O) groups excluding carboxylic acids is 1. The van der Waals surface area contributed by atoms with Crippen LogP contribution in [-0.4, -0.2) is 25.8 Å². The van der Waals surface area contributed by atoms with Gasteiger partial charge < -0.3 is 10.3 Å². The Morgan fingerprint density at radius 3 is 2.75 bits per heavy atom. The zero-order valence-corrected chi connectivity index (χ0v) is 10.4. The van der Waals surface area contributed by atoms with Crippen molar-refractivity contribution in [2.24, 2.45) is 0 Å². The van der Waals surface area contributed by atoms with Crippen molar-refractivity contribution >= 4 is 11.6 Å². The van der Waals surface area contributed by atoms with Crippen LogP contribution in [0.1, 0.15) is 10.6 Å². The first kappa shape index (κ1) is 12.0. The zero-order valence-electron chi connectivity index (χ0n) is 10.4. The fraction of sp³-hybridized carbons (Fsp3) is 0. The first-order chi connectivity index (χ1) is 9.83. The zero-order chi connectivity index (χ0) is 13.8. The summed E-state index contributed by atoms with van der Waals surface area (Å²) >= 11 is 0. The topological polar surface area (TPSA) is 83.6 Å². The van der Waals surface area contributed by atoms with Gasteiger partial charge in [-0.3, -0.25) is 4.79 Å². The van der Waals surface area contributed by atoms with Crippen molar-refractivity contribution in [3.05, 3.63) is 61.2 Å². The van der Waals surface area contributed by atoms with E-state index in [1.54, 1.807) is 18.6 Å². The van der Waals surface area contributed by atoms with Crippen LogP contribution in [0.3, 0.4) is 0 Å². The van der Waals surface area contributed by atoms with E-state index >= 15 is 0 Å². The van der Waals surface area contributed by atoms with E-state index in [-0.39, 0.29) is 11.7 Å². The summed E-state index contributed by atoms with van der Waals surface area (Å²) in [7, 11) is 0. The Morgan fingerprint density at radius 2 is 2.00 bits per heavy atom. The summed E-state index contributed by atoms with van der Waals surface area (Å²) in [4.78, 5) is 26.5. The van der Waals surface area contributed by atoms with Crippen LogP contribution in [0.25, 0.3) is 11.1 Å². The largest absolute Gasteiger partial charge is 0.341 e. The van der Waals surface area contributed by atoms with Crippen LogP contribution < -0.4 is 5.32 Å². The van der Waals surface area contributed by atoms with E-state index in [2.05, 4.69) is 25.3 Å². The van der Waals surface area contributed by atoms with Gasteiger partial charge in [-0.05, 0) is 17.7 Å². The molecule has 2 heterocycles. The van der Waals surface area contributed by atoms with Gasteiger partial charge in [-0.1, -0.05) is 12.1 Å². The minimum absolute atomic E-state index is 0.276. The molecule has 0 bridgehead atoms. The van der Waals surface area contributed by atoms with Gasteiger partial charge in [-0.25, -0.2) is 15.0 Å². The fourth-order valence-electron chi connectivity index (χ4n) is 1.80. The van der Waals surface area contributed by atoms with Crippen molar-refractivity contribution < 1.29 is 4.79 Å². The van der Waals surface area contributed by atoms with Gasteiger partial charge in [0.15, 0.2) is 5.82 Å². The molecular weight excluding hydrogens is 254 g/mol. The lowest BCUT2D eigenvalue weighted by Gasteiger charge is -2.06. The molecular formula is C14H11N5O. The first-order valence-corrected chi connectivity index (χ1v) is 5.99. The second kappa shape index (κ2) is 5.31. The normalized spacial score (nSPS) is 10.2. The number of nitrogens with zero attached hydrogens (tertiary/aromatic N) is 3. The van der Waals surface area contributed by atoms with Crippen molar-refractivity contribution in [2.45, 2.75) is 0 Å². The average Bonchev–Trinajstić information content (AvgIpc) is 3.03. The molecule has 0 saturated carbocycles. The third-order valence-corrected chi connectivity index (χ3v) is 2.73. The van der Waals surface area contributed by atoms with Gasteiger partial charge in [0.1, 0.15) is 6.33 Å². The number of rotatable bonds is 3. The third kappa shape index (κ3) is 2.54. The molecule has 3 rings (SSSR count). The summed E-state index contributed by atoms with van der Waals surface area (Å²) < 4.78 is 0. The molecule has 1 amide bonds. The van der Waals surface area contributed by atoms with Crippen LogP contribution in [0, 0.1) is 0 Å². The summed E-state index contributed by atoms with van der Waals surface area (Å²) in [6.45, 7) is 0. The van der Waals surface area contributed by atoms with Gasteiger partial charge in [0.25, 0.3) is 5.91 Å². The van der Waals surface area contributed by atoms with Crippen LogP contribution in [0.5, 0.6) is 0 Å².